The molecule has 0 aromatic heterocycles. The van der Waals surface area contributed by atoms with E-state index in [0.717, 1.165) is 25.7 Å². The number of aliphatic hydroxyl groups excluding tert-OH is 2. The highest BCUT2D eigenvalue weighted by atomic mass is 16.3. The van der Waals surface area contributed by atoms with Crippen molar-refractivity contribution in [2.24, 2.45) is 0 Å². The van der Waals surface area contributed by atoms with Gasteiger partial charge in [0.25, 0.3) is 0 Å². The van der Waals surface area contributed by atoms with Crippen molar-refractivity contribution in [2.75, 3.05) is 6.61 Å². The van der Waals surface area contributed by atoms with Gasteiger partial charge in [0.15, 0.2) is 0 Å². The SMILES string of the molecule is CCCCCCCCCCCCCCCCCCCCCC(O)C(CO)NC(=O)CCCCCCCCCCCCCCC. The lowest BCUT2D eigenvalue weighted by atomic mass is 10.0. The van der Waals surface area contributed by atoms with E-state index in [-0.39, 0.29) is 12.5 Å². The number of rotatable bonds is 37. The first kappa shape index (κ1) is 43.4. The zero-order valence-corrected chi connectivity index (χ0v) is 30.2. The number of unbranched alkanes of at least 4 members (excludes halogenated alkanes) is 30. The number of amides is 1. The smallest absolute Gasteiger partial charge is 0.220 e. The van der Waals surface area contributed by atoms with Crippen LogP contribution in [0.2, 0.25) is 0 Å². The summed E-state index contributed by atoms with van der Waals surface area (Å²) in [6.45, 7) is 4.37. The second-order valence-electron chi connectivity index (χ2n) is 14.1. The summed E-state index contributed by atoms with van der Waals surface area (Å²) in [5.41, 5.74) is 0. The normalized spacial score (nSPS) is 12.9. The molecule has 0 aromatic rings. The van der Waals surface area contributed by atoms with Gasteiger partial charge in [-0.2, -0.15) is 0 Å². The molecule has 0 fully saturated rings. The number of carbonyl (C=O) groups is 1. The van der Waals surface area contributed by atoms with E-state index in [1.54, 1.807) is 0 Å². The van der Waals surface area contributed by atoms with Crippen molar-refractivity contribution >= 4 is 5.91 Å². The number of hydrogen-bond donors (Lipinski definition) is 3. The molecule has 0 heterocycles. The molecule has 0 spiro atoms. The minimum Gasteiger partial charge on any atom is -0.394 e. The van der Waals surface area contributed by atoms with E-state index in [9.17, 15) is 15.0 Å². The second kappa shape index (κ2) is 36.9. The van der Waals surface area contributed by atoms with Crippen LogP contribution in [-0.4, -0.2) is 34.9 Å². The monoisotopic (exact) mass is 624 g/mol. The third-order valence-corrected chi connectivity index (χ3v) is 9.62. The number of aliphatic hydroxyl groups is 2. The lowest BCUT2D eigenvalue weighted by Crippen LogP contribution is -2.45. The first-order valence-electron chi connectivity index (χ1n) is 20.2. The maximum Gasteiger partial charge on any atom is 0.220 e. The Balaban J connectivity index is 3.48. The van der Waals surface area contributed by atoms with Gasteiger partial charge >= 0.3 is 0 Å². The molecule has 0 radical (unpaired) electrons. The first-order chi connectivity index (χ1) is 21.7. The van der Waals surface area contributed by atoms with Gasteiger partial charge in [-0.1, -0.05) is 213 Å². The predicted molar refractivity (Wildman–Crippen MR) is 193 cm³/mol. The predicted octanol–water partition coefficient (Wildman–Crippen LogP) is 12.1. The van der Waals surface area contributed by atoms with Gasteiger partial charge in [-0.3, -0.25) is 4.79 Å². The summed E-state index contributed by atoms with van der Waals surface area (Å²) < 4.78 is 0. The molecule has 4 heteroatoms. The van der Waals surface area contributed by atoms with E-state index in [2.05, 4.69) is 19.2 Å². The Morgan fingerprint density at radius 2 is 0.727 bits per heavy atom. The Morgan fingerprint density at radius 1 is 0.455 bits per heavy atom. The highest BCUT2D eigenvalue weighted by Gasteiger charge is 2.19. The molecule has 0 aliphatic heterocycles. The quantitative estimate of drug-likeness (QED) is 0.0603. The molecule has 264 valence electrons. The van der Waals surface area contributed by atoms with Crippen molar-refractivity contribution in [3.8, 4) is 0 Å². The molecule has 0 bridgehead atoms. The topological polar surface area (TPSA) is 69.6 Å². The Kier molecular flexibility index (Phi) is 36.3. The summed E-state index contributed by atoms with van der Waals surface area (Å²) in [4.78, 5) is 12.3. The zero-order chi connectivity index (χ0) is 32.2. The fourth-order valence-corrected chi connectivity index (χ4v) is 6.48. The molecule has 0 aliphatic carbocycles. The third kappa shape index (κ3) is 32.8. The fourth-order valence-electron chi connectivity index (χ4n) is 6.48. The van der Waals surface area contributed by atoms with Gasteiger partial charge in [0, 0.05) is 6.42 Å². The maximum atomic E-state index is 12.3. The van der Waals surface area contributed by atoms with Crippen LogP contribution >= 0.6 is 0 Å². The largest absolute Gasteiger partial charge is 0.394 e. The highest BCUT2D eigenvalue weighted by molar-refractivity contribution is 5.76. The van der Waals surface area contributed by atoms with Gasteiger partial charge in [-0.25, -0.2) is 0 Å². The molecule has 4 nitrogen and oxygen atoms in total. The van der Waals surface area contributed by atoms with Crippen molar-refractivity contribution in [3.05, 3.63) is 0 Å². The lowest BCUT2D eigenvalue weighted by Gasteiger charge is -2.22. The van der Waals surface area contributed by atoms with Crippen LogP contribution in [0, 0.1) is 0 Å². The van der Waals surface area contributed by atoms with E-state index in [4.69, 9.17) is 0 Å². The van der Waals surface area contributed by atoms with Crippen molar-refractivity contribution in [1.29, 1.82) is 0 Å². The van der Waals surface area contributed by atoms with E-state index in [0.29, 0.717) is 12.8 Å². The molecule has 0 aromatic carbocycles. The van der Waals surface area contributed by atoms with Gasteiger partial charge < -0.3 is 15.5 Å². The third-order valence-electron chi connectivity index (χ3n) is 9.62. The summed E-state index contributed by atoms with van der Waals surface area (Å²) >= 11 is 0. The lowest BCUT2D eigenvalue weighted by molar-refractivity contribution is -0.123. The van der Waals surface area contributed by atoms with Crippen LogP contribution in [0.1, 0.15) is 232 Å². The van der Waals surface area contributed by atoms with Crippen LogP contribution in [-0.2, 0) is 4.79 Å². The van der Waals surface area contributed by atoms with Gasteiger partial charge in [-0.15, -0.1) is 0 Å². The van der Waals surface area contributed by atoms with Crippen LogP contribution in [0.3, 0.4) is 0 Å². The summed E-state index contributed by atoms with van der Waals surface area (Å²) in [6, 6.07) is -0.528. The zero-order valence-electron chi connectivity index (χ0n) is 30.2. The minimum absolute atomic E-state index is 0.0284. The summed E-state index contributed by atoms with van der Waals surface area (Å²) in [7, 11) is 0. The molecule has 2 atom stereocenters. The molecule has 1 amide bonds. The molecule has 3 N–H and O–H groups in total. The molecule has 0 aliphatic rings. The second-order valence-corrected chi connectivity index (χ2v) is 14.1. The molecule has 44 heavy (non-hydrogen) atoms. The standard InChI is InChI=1S/C40H81NO3/c1-3-5-7-9-11-13-15-17-18-19-20-21-22-24-25-27-29-31-33-35-39(43)38(37-42)41-40(44)36-34-32-30-28-26-23-16-14-12-10-8-6-4-2/h38-39,42-43H,3-37H2,1-2H3,(H,41,44). The van der Waals surface area contributed by atoms with E-state index >= 15 is 0 Å². The summed E-state index contributed by atoms with van der Waals surface area (Å²) in [6.07, 6.45) is 43.1. The van der Waals surface area contributed by atoms with Crippen molar-refractivity contribution in [2.45, 2.75) is 244 Å². The Morgan fingerprint density at radius 3 is 1.02 bits per heavy atom. The Labute approximate surface area is 276 Å². The maximum absolute atomic E-state index is 12.3. The average molecular weight is 624 g/mol. The van der Waals surface area contributed by atoms with Crippen LogP contribution in [0.25, 0.3) is 0 Å². The molecule has 0 rings (SSSR count). The van der Waals surface area contributed by atoms with Gasteiger partial charge in [0.2, 0.25) is 5.91 Å². The van der Waals surface area contributed by atoms with Crippen molar-refractivity contribution in [1.82, 2.24) is 5.32 Å². The molecular formula is C40H81NO3. The van der Waals surface area contributed by atoms with Gasteiger partial charge in [-0.05, 0) is 12.8 Å². The molecular weight excluding hydrogens is 542 g/mol. The molecule has 0 saturated heterocycles. The summed E-state index contributed by atoms with van der Waals surface area (Å²) in [5, 5.41) is 23.1. The van der Waals surface area contributed by atoms with Gasteiger partial charge in [0.05, 0.1) is 18.8 Å². The summed E-state index contributed by atoms with van der Waals surface area (Å²) in [5.74, 6) is -0.0284. The molecule has 0 saturated carbocycles. The van der Waals surface area contributed by atoms with E-state index in [1.807, 2.05) is 0 Å². The molecule has 2 unspecified atom stereocenters. The number of carbonyl (C=O) groups excluding carboxylic acids is 1. The van der Waals surface area contributed by atoms with Crippen molar-refractivity contribution < 1.29 is 15.0 Å². The van der Waals surface area contributed by atoms with Crippen LogP contribution in [0.5, 0.6) is 0 Å². The first-order valence-corrected chi connectivity index (χ1v) is 20.2. The van der Waals surface area contributed by atoms with Crippen molar-refractivity contribution in [3.63, 3.8) is 0 Å². The highest BCUT2D eigenvalue weighted by Crippen LogP contribution is 2.16. The van der Waals surface area contributed by atoms with E-state index < -0.39 is 12.1 Å². The average Bonchev–Trinajstić information content (AvgIpc) is 3.03. The minimum atomic E-state index is -0.651. The van der Waals surface area contributed by atoms with Crippen LogP contribution in [0.4, 0.5) is 0 Å². The Bertz CT molecular complexity index is 555. The van der Waals surface area contributed by atoms with Crippen LogP contribution in [0.15, 0.2) is 0 Å². The van der Waals surface area contributed by atoms with Crippen LogP contribution < -0.4 is 5.32 Å². The fraction of sp³-hybridized carbons (Fsp3) is 0.975. The number of hydrogen-bond acceptors (Lipinski definition) is 3. The Hall–Kier alpha value is -0.610. The number of nitrogens with one attached hydrogen (secondary N) is 1. The van der Waals surface area contributed by atoms with Gasteiger partial charge in [0.1, 0.15) is 0 Å². The van der Waals surface area contributed by atoms with E-state index in [1.165, 1.54) is 180 Å².